The third-order valence-corrected chi connectivity index (χ3v) is 6.68. The monoisotopic (exact) mass is 429 g/mol. The van der Waals surface area contributed by atoms with E-state index in [0.29, 0.717) is 12.3 Å². The van der Waals surface area contributed by atoms with Gasteiger partial charge in [-0.15, -0.1) is 0 Å². The molecule has 0 aliphatic heterocycles. The average molecular weight is 429 g/mol. The van der Waals surface area contributed by atoms with Crippen molar-refractivity contribution in [3.05, 3.63) is 39.7 Å². The van der Waals surface area contributed by atoms with Crippen molar-refractivity contribution in [2.75, 3.05) is 7.11 Å². The van der Waals surface area contributed by atoms with Crippen molar-refractivity contribution in [1.29, 1.82) is 0 Å². The lowest BCUT2D eigenvalue weighted by Crippen LogP contribution is -2.30. The molecule has 164 valence electrons. The summed E-state index contributed by atoms with van der Waals surface area (Å²) in [5, 5.41) is -0.469. The molecule has 0 radical (unpaired) electrons. The van der Waals surface area contributed by atoms with Crippen molar-refractivity contribution >= 4 is 10.9 Å². The smallest absolute Gasteiger partial charge is 0.417 e. The minimum Gasteiger partial charge on any atom is -0.497 e. The van der Waals surface area contributed by atoms with Gasteiger partial charge in [-0.1, -0.05) is 12.8 Å². The van der Waals surface area contributed by atoms with Crippen molar-refractivity contribution in [3.63, 3.8) is 0 Å². The number of halogens is 5. The van der Waals surface area contributed by atoms with Crippen molar-refractivity contribution in [2.45, 2.75) is 57.0 Å². The van der Waals surface area contributed by atoms with Gasteiger partial charge >= 0.3 is 6.18 Å². The van der Waals surface area contributed by atoms with Crippen LogP contribution < -0.4 is 10.3 Å². The number of fused-ring (bicyclic) bond motifs is 2. The highest BCUT2D eigenvalue weighted by Crippen LogP contribution is 2.56. The molecule has 0 amide bonds. The van der Waals surface area contributed by atoms with Crippen LogP contribution in [0.4, 0.5) is 22.0 Å². The van der Waals surface area contributed by atoms with Crippen molar-refractivity contribution in [2.24, 2.45) is 17.8 Å². The summed E-state index contributed by atoms with van der Waals surface area (Å²) in [6.07, 6.45) is -0.863. The number of hydrogen-bond donors (Lipinski definition) is 1. The summed E-state index contributed by atoms with van der Waals surface area (Å²) in [6, 6.07) is 3.50. The third kappa shape index (κ3) is 3.93. The molecular weight excluding hydrogens is 405 g/mol. The topological polar surface area (TPSA) is 42.1 Å². The Morgan fingerprint density at radius 3 is 2.47 bits per heavy atom. The molecule has 3 atom stereocenters. The molecule has 8 heteroatoms. The van der Waals surface area contributed by atoms with E-state index < -0.39 is 40.6 Å². The minimum absolute atomic E-state index is 0.0816. The fourth-order valence-corrected chi connectivity index (χ4v) is 5.11. The summed E-state index contributed by atoms with van der Waals surface area (Å²) < 4.78 is 76.2. The summed E-state index contributed by atoms with van der Waals surface area (Å²) >= 11 is 0. The first-order valence-electron chi connectivity index (χ1n) is 10.3. The van der Waals surface area contributed by atoms with Gasteiger partial charge in [-0.05, 0) is 55.6 Å². The second kappa shape index (κ2) is 7.54. The van der Waals surface area contributed by atoms with Crippen LogP contribution in [-0.4, -0.2) is 12.1 Å². The van der Waals surface area contributed by atoms with Crippen LogP contribution in [0.25, 0.3) is 10.9 Å². The van der Waals surface area contributed by atoms with Gasteiger partial charge in [-0.3, -0.25) is 4.79 Å². The minimum atomic E-state index is -5.09. The van der Waals surface area contributed by atoms with E-state index in [1.165, 1.54) is 32.1 Å². The van der Waals surface area contributed by atoms with Gasteiger partial charge < -0.3 is 9.72 Å². The van der Waals surface area contributed by atoms with E-state index in [9.17, 15) is 26.7 Å². The first-order chi connectivity index (χ1) is 14.1. The number of aromatic nitrogens is 1. The Labute approximate surface area is 170 Å². The van der Waals surface area contributed by atoms with Gasteiger partial charge in [-0.2, -0.15) is 13.2 Å². The lowest BCUT2D eigenvalue weighted by Gasteiger charge is -2.22. The van der Waals surface area contributed by atoms with Crippen LogP contribution in [0.3, 0.4) is 0 Å². The van der Waals surface area contributed by atoms with Crippen molar-refractivity contribution in [1.82, 2.24) is 4.98 Å². The molecule has 2 aliphatic rings. The molecule has 4 rings (SSSR count). The Hall–Kier alpha value is -2.12. The molecular formula is C22H24F5NO2. The molecule has 2 aromatic rings. The van der Waals surface area contributed by atoms with Crippen LogP contribution in [-0.2, 0) is 12.1 Å². The number of H-pyrrole nitrogens is 1. The highest BCUT2D eigenvalue weighted by Gasteiger charge is 2.48. The average Bonchev–Trinajstić information content (AvgIpc) is 3.35. The zero-order chi connectivity index (χ0) is 21.7. The normalized spacial score (nSPS) is 23.6. The summed E-state index contributed by atoms with van der Waals surface area (Å²) in [6.45, 7) is 0. The molecule has 2 saturated carbocycles. The number of unbranched alkanes of at least 4 members (excludes halogenated alkanes) is 1. The predicted octanol–water partition coefficient (Wildman–Crippen LogP) is 6.25. The van der Waals surface area contributed by atoms with Gasteiger partial charge in [0.25, 0.3) is 11.5 Å². The zero-order valence-electron chi connectivity index (χ0n) is 16.6. The number of ether oxygens (including phenoxy) is 1. The number of nitrogens with one attached hydrogen (secondary N) is 1. The second-order valence-corrected chi connectivity index (χ2v) is 8.56. The molecule has 3 unspecified atom stereocenters. The van der Waals surface area contributed by atoms with E-state index in [2.05, 4.69) is 4.98 Å². The number of rotatable bonds is 7. The van der Waals surface area contributed by atoms with E-state index >= 15 is 0 Å². The third-order valence-electron chi connectivity index (χ3n) is 6.68. The maximum atomic E-state index is 14.9. The number of alkyl halides is 5. The van der Waals surface area contributed by atoms with Gasteiger partial charge in [0.1, 0.15) is 5.75 Å². The van der Waals surface area contributed by atoms with Gasteiger partial charge in [0, 0.05) is 17.9 Å². The van der Waals surface area contributed by atoms with Crippen LogP contribution in [0, 0.1) is 17.8 Å². The van der Waals surface area contributed by atoms with Gasteiger partial charge in [0.05, 0.1) is 23.8 Å². The fourth-order valence-electron chi connectivity index (χ4n) is 5.11. The largest absolute Gasteiger partial charge is 0.497 e. The van der Waals surface area contributed by atoms with Gasteiger partial charge in [0.15, 0.2) is 0 Å². The van der Waals surface area contributed by atoms with Crippen LogP contribution >= 0.6 is 0 Å². The maximum Gasteiger partial charge on any atom is 0.417 e. The number of pyridine rings is 1. The van der Waals surface area contributed by atoms with E-state index in [-0.39, 0.29) is 17.7 Å². The maximum absolute atomic E-state index is 14.9. The van der Waals surface area contributed by atoms with Crippen LogP contribution in [0.1, 0.15) is 56.1 Å². The van der Waals surface area contributed by atoms with E-state index in [0.717, 1.165) is 30.7 Å². The summed E-state index contributed by atoms with van der Waals surface area (Å²) in [4.78, 5) is 14.5. The van der Waals surface area contributed by atoms with Gasteiger partial charge in [-0.25, -0.2) is 8.78 Å². The van der Waals surface area contributed by atoms with E-state index in [4.69, 9.17) is 4.74 Å². The summed E-state index contributed by atoms with van der Waals surface area (Å²) in [5.74, 6) is -1.56. The first kappa shape index (κ1) is 21.1. The fraction of sp³-hybridized carbons (Fsp3) is 0.591. The lowest BCUT2D eigenvalue weighted by atomic mass is 9.92. The molecule has 30 heavy (non-hydrogen) atoms. The molecule has 1 aromatic carbocycles. The Bertz CT molecular complexity index is 997. The molecule has 3 nitrogen and oxygen atoms in total. The molecule has 2 aliphatic carbocycles. The van der Waals surface area contributed by atoms with E-state index in [1.807, 2.05) is 0 Å². The summed E-state index contributed by atoms with van der Waals surface area (Å²) in [5.41, 5.74) is -4.66. The molecule has 0 saturated heterocycles. The van der Waals surface area contributed by atoms with Gasteiger partial charge in [0.2, 0.25) is 0 Å². The Kier molecular flexibility index (Phi) is 5.31. The van der Waals surface area contributed by atoms with Crippen LogP contribution in [0.15, 0.2) is 23.0 Å². The zero-order valence-corrected chi connectivity index (χ0v) is 16.6. The highest BCUT2D eigenvalue weighted by molar-refractivity contribution is 5.85. The number of benzene rings is 1. The second-order valence-electron chi connectivity index (χ2n) is 8.56. The molecule has 1 aromatic heterocycles. The Balaban J connectivity index is 1.60. The Morgan fingerprint density at radius 1 is 1.10 bits per heavy atom. The standard InChI is InChI=1S/C22H24F5NO2/c1-30-14-7-8-15-17(11-14)28-20(29)19(18(15)22(25,26)27)21(23,24)9-3-2-4-12-5-6-13-10-16(12)13/h7-8,11-13,16H,2-6,9-10H2,1H3,(H,28,29). The van der Waals surface area contributed by atoms with E-state index in [1.54, 1.807) is 0 Å². The number of methoxy groups -OCH3 is 1. The lowest BCUT2D eigenvalue weighted by molar-refractivity contribution is -0.141. The highest BCUT2D eigenvalue weighted by atomic mass is 19.4. The first-order valence-corrected chi connectivity index (χ1v) is 10.3. The molecule has 1 N–H and O–H groups in total. The molecule has 1 heterocycles. The summed E-state index contributed by atoms with van der Waals surface area (Å²) in [7, 11) is 1.32. The quantitative estimate of drug-likeness (QED) is 0.417. The number of hydrogen-bond acceptors (Lipinski definition) is 2. The molecule has 0 spiro atoms. The molecule has 2 fully saturated rings. The van der Waals surface area contributed by atoms with Crippen LogP contribution in [0.5, 0.6) is 5.75 Å². The van der Waals surface area contributed by atoms with Crippen LogP contribution in [0.2, 0.25) is 0 Å². The van der Waals surface area contributed by atoms with Crippen molar-refractivity contribution < 1.29 is 26.7 Å². The Morgan fingerprint density at radius 2 is 1.87 bits per heavy atom. The molecule has 0 bridgehead atoms. The predicted molar refractivity (Wildman–Crippen MR) is 103 cm³/mol. The number of aromatic amines is 1. The SMILES string of the molecule is COc1ccc2c(C(F)(F)F)c(C(F)(F)CCCCC3CCC4CC34)c(=O)[nH]c2c1. The van der Waals surface area contributed by atoms with Crippen molar-refractivity contribution in [3.8, 4) is 5.75 Å².